The standard InChI is InChI=1S/C29H21N3O/c1-20-8-6-13-28(31-20)32-26-12-3-2-11-24(26)25-16-15-22(19-27(25)32)21-9-7-10-23(18-21)33-29-14-4-5-17-30-29/h2-19H,1H3. The van der Waals surface area contributed by atoms with Crippen LogP contribution in [0.4, 0.5) is 0 Å². The Balaban J connectivity index is 1.51. The molecule has 3 aromatic carbocycles. The Kier molecular flexibility index (Phi) is 4.62. The molecule has 33 heavy (non-hydrogen) atoms. The zero-order valence-corrected chi connectivity index (χ0v) is 18.1. The van der Waals surface area contributed by atoms with Crippen molar-refractivity contribution in [3.05, 3.63) is 115 Å². The highest BCUT2D eigenvalue weighted by Gasteiger charge is 2.14. The van der Waals surface area contributed by atoms with E-state index in [1.54, 1.807) is 6.20 Å². The van der Waals surface area contributed by atoms with Crippen LogP contribution >= 0.6 is 0 Å². The minimum Gasteiger partial charge on any atom is -0.439 e. The highest BCUT2D eigenvalue weighted by Crippen LogP contribution is 2.35. The minimum atomic E-state index is 0.579. The fourth-order valence-electron chi connectivity index (χ4n) is 4.32. The average Bonchev–Trinajstić information content (AvgIpc) is 3.18. The van der Waals surface area contributed by atoms with Crippen LogP contribution in [0, 0.1) is 6.92 Å². The molecular weight excluding hydrogens is 406 g/mol. The SMILES string of the molecule is Cc1cccc(-n2c3ccccc3c3ccc(-c4cccc(Oc5ccccn5)c4)cc32)n1. The lowest BCUT2D eigenvalue weighted by Crippen LogP contribution is -1.98. The summed E-state index contributed by atoms with van der Waals surface area (Å²) < 4.78 is 8.20. The number of hydrogen-bond donors (Lipinski definition) is 0. The first-order valence-corrected chi connectivity index (χ1v) is 10.9. The number of para-hydroxylation sites is 1. The third kappa shape index (κ3) is 3.52. The Morgan fingerprint density at radius 1 is 0.667 bits per heavy atom. The molecule has 158 valence electrons. The van der Waals surface area contributed by atoms with E-state index in [0.29, 0.717) is 5.88 Å². The largest absolute Gasteiger partial charge is 0.439 e. The number of nitrogens with zero attached hydrogens (tertiary/aromatic N) is 3. The predicted octanol–water partition coefficient (Wildman–Crippen LogP) is 7.34. The van der Waals surface area contributed by atoms with Crippen LogP contribution in [-0.2, 0) is 0 Å². The third-order valence-electron chi connectivity index (χ3n) is 5.80. The van der Waals surface area contributed by atoms with Gasteiger partial charge in [0.15, 0.2) is 0 Å². The number of benzene rings is 3. The van der Waals surface area contributed by atoms with Gasteiger partial charge in [0.05, 0.1) is 11.0 Å². The van der Waals surface area contributed by atoms with Crippen molar-refractivity contribution in [2.75, 3.05) is 0 Å². The van der Waals surface area contributed by atoms with Crippen molar-refractivity contribution in [1.82, 2.24) is 14.5 Å². The molecule has 0 saturated heterocycles. The molecular formula is C29H21N3O. The van der Waals surface area contributed by atoms with Crippen molar-refractivity contribution in [2.24, 2.45) is 0 Å². The Morgan fingerprint density at radius 3 is 2.36 bits per heavy atom. The van der Waals surface area contributed by atoms with E-state index < -0.39 is 0 Å². The Bertz CT molecular complexity index is 1600. The molecule has 6 rings (SSSR count). The first kappa shape index (κ1) is 19.3. The summed E-state index contributed by atoms with van der Waals surface area (Å²) in [6.07, 6.45) is 1.73. The molecule has 0 N–H and O–H groups in total. The Morgan fingerprint density at radius 2 is 1.48 bits per heavy atom. The molecule has 0 radical (unpaired) electrons. The van der Waals surface area contributed by atoms with E-state index in [0.717, 1.165) is 39.4 Å². The summed E-state index contributed by atoms with van der Waals surface area (Å²) in [6.45, 7) is 2.02. The van der Waals surface area contributed by atoms with Crippen LogP contribution in [0.2, 0.25) is 0 Å². The maximum Gasteiger partial charge on any atom is 0.219 e. The second-order valence-corrected chi connectivity index (χ2v) is 8.02. The van der Waals surface area contributed by atoms with Crippen molar-refractivity contribution < 1.29 is 4.74 Å². The lowest BCUT2D eigenvalue weighted by molar-refractivity contribution is 0.463. The van der Waals surface area contributed by atoms with E-state index in [1.807, 2.05) is 49.4 Å². The first-order chi connectivity index (χ1) is 16.3. The second-order valence-electron chi connectivity index (χ2n) is 8.02. The molecule has 0 spiro atoms. The molecule has 3 heterocycles. The van der Waals surface area contributed by atoms with Crippen molar-refractivity contribution in [3.63, 3.8) is 0 Å². The van der Waals surface area contributed by atoms with E-state index in [4.69, 9.17) is 9.72 Å². The first-order valence-electron chi connectivity index (χ1n) is 10.9. The second kappa shape index (κ2) is 7.92. The van der Waals surface area contributed by atoms with Gasteiger partial charge in [-0.15, -0.1) is 0 Å². The van der Waals surface area contributed by atoms with Crippen molar-refractivity contribution in [2.45, 2.75) is 6.92 Å². The topological polar surface area (TPSA) is 39.9 Å². The normalized spacial score (nSPS) is 11.2. The maximum atomic E-state index is 5.96. The number of pyridine rings is 2. The number of fused-ring (bicyclic) bond motifs is 3. The van der Waals surface area contributed by atoms with Gasteiger partial charge >= 0.3 is 0 Å². The fourth-order valence-corrected chi connectivity index (χ4v) is 4.32. The molecule has 4 nitrogen and oxygen atoms in total. The monoisotopic (exact) mass is 427 g/mol. The van der Waals surface area contributed by atoms with E-state index in [2.05, 4.69) is 70.2 Å². The van der Waals surface area contributed by atoms with Crippen molar-refractivity contribution in [1.29, 1.82) is 0 Å². The molecule has 3 aromatic heterocycles. The minimum absolute atomic E-state index is 0.579. The lowest BCUT2D eigenvalue weighted by Gasteiger charge is -2.10. The highest BCUT2D eigenvalue weighted by atomic mass is 16.5. The number of ether oxygens (including phenoxy) is 1. The number of aryl methyl sites for hydroxylation is 1. The molecule has 0 fully saturated rings. The molecule has 0 unspecified atom stereocenters. The van der Waals surface area contributed by atoms with Gasteiger partial charge < -0.3 is 4.74 Å². The van der Waals surface area contributed by atoms with E-state index in [1.165, 1.54) is 10.8 Å². The van der Waals surface area contributed by atoms with Gasteiger partial charge in [-0.1, -0.05) is 54.6 Å². The number of hydrogen-bond acceptors (Lipinski definition) is 3. The van der Waals surface area contributed by atoms with Gasteiger partial charge in [0, 0.05) is 28.7 Å². The molecule has 0 saturated carbocycles. The van der Waals surface area contributed by atoms with Gasteiger partial charge in [0.2, 0.25) is 5.88 Å². The molecule has 0 atom stereocenters. The fraction of sp³-hybridized carbons (Fsp3) is 0.0345. The van der Waals surface area contributed by atoms with Crippen LogP contribution in [0.1, 0.15) is 5.69 Å². The van der Waals surface area contributed by atoms with Gasteiger partial charge in [-0.25, -0.2) is 9.97 Å². The van der Waals surface area contributed by atoms with Gasteiger partial charge in [0.1, 0.15) is 11.6 Å². The van der Waals surface area contributed by atoms with Crippen LogP contribution < -0.4 is 4.74 Å². The average molecular weight is 428 g/mol. The van der Waals surface area contributed by atoms with Crippen molar-refractivity contribution >= 4 is 21.8 Å². The predicted molar refractivity (Wildman–Crippen MR) is 133 cm³/mol. The van der Waals surface area contributed by atoms with Gasteiger partial charge in [0.25, 0.3) is 0 Å². The quantitative estimate of drug-likeness (QED) is 0.295. The van der Waals surface area contributed by atoms with Crippen LogP contribution in [0.3, 0.4) is 0 Å². The Hall–Kier alpha value is -4.44. The van der Waals surface area contributed by atoms with E-state index in [9.17, 15) is 0 Å². The summed E-state index contributed by atoms with van der Waals surface area (Å²) in [4.78, 5) is 9.08. The lowest BCUT2D eigenvalue weighted by atomic mass is 10.0. The molecule has 0 aliphatic heterocycles. The molecule has 0 aliphatic rings. The van der Waals surface area contributed by atoms with Crippen LogP contribution in [-0.4, -0.2) is 14.5 Å². The van der Waals surface area contributed by atoms with Gasteiger partial charge in [-0.05, 0) is 60.5 Å². The Labute approximate surface area is 191 Å². The zero-order chi connectivity index (χ0) is 22.2. The smallest absolute Gasteiger partial charge is 0.219 e. The van der Waals surface area contributed by atoms with Gasteiger partial charge in [-0.3, -0.25) is 4.57 Å². The zero-order valence-electron chi connectivity index (χ0n) is 18.1. The van der Waals surface area contributed by atoms with Crippen molar-refractivity contribution in [3.8, 4) is 28.6 Å². The summed E-state index contributed by atoms with van der Waals surface area (Å²) >= 11 is 0. The summed E-state index contributed by atoms with van der Waals surface area (Å²) in [5.74, 6) is 2.26. The number of rotatable bonds is 4. The van der Waals surface area contributed by atoms with Crippen LogP contribution in [0.5, 0.6) is 11.6 Å². The molecule has 0 amide bonds. The van der Waals surface area contributed by atoms with E-state index in [-0.39, 0.29) is 0 Å². The van der Waals surface area contributed by atoms with Crippen LogP contribution in [0.15, 0.2) is 109 Å². The summed E-state index contributed by atoms with van der Waals surface area (Å²) in [5, 5.41) is 2.42. The third-order valence-corrected chi connectivity index (χ3v) is 5.80. The molecule has 0 bridgehead atoms. The summed E-state index contributed by atoms with van der Waals surface area (Å²) in [6, 6.07) is 35.0. The van der Waals surface area contributed by atoms with E-state index >= 15 is 0 Å². The molecule has 4 heteroatoms. The summed E-state index contributed by atoms with van der Waals surface area (Å²) in [5.41, 5.74) is 5.47. The molecule has 6 aromatic rings. The van der Waals surface area contributed by atoms with Gasteiger partial charge in [-0.2, -0.15) is 0 Å². The maximum absolute atomic E-state index is 5.96. The highest BCUT2D eigenvalue weighted by molar-refractivity contribution is 6.10. The summed E-state index contributed by atoms with van der Waals surface area (Å²) in [7, 11) is 0. The number of aromatic nitrogens is 3. The van der Waals surface area contributed by atoms with Crippen LogP contribution in [0.25, 0.3) is 38.8 Å². The molecule has 0 aliphatic carbocycles.